The van der Waals surface area contributed by atoms with Crippen LogP contribution >= 0.6 is 0 Å². The van der Waals surface area contributed by atoms with E-state index in [1.165, 1.54) is 6.92 Å². The van der Waals surface area contributed by atoms with Gasteiger partial charge in [-0.3, -0.25) is 0 Å². The van der Waals surface area contributed by atoms with Gasteiger partial charge >= 0.3 is 0 Å². The molecule has 0 heterocycles. The molecule has 0 bridgehead atoms. The first kappa shape index (κ1) is 8.82. The zero-order valence-corrected chi connectivity index (χ0v) is 5.66. The summed E-state index contributed by atoms with van der Waals surface area (Å²) in [5.74, 6) is -2.49. The summed E-state index contributed by atoms with van der Waals surface area (Å²) in [5.41, 5.74) is 5.06. The van der Waals surface area contributed by atoms with Gasteiger partial charge in [0.25, 0.3) is 0 Å². The Morgan fingerprint density at radius 2 is 2.00 bits per heavy atom. The lowest BCUT2D eigenvalue weighted by Crippen LogP contribution is -2.15. The Hall–Kier alpha value is -0.180. The minimum absolute atomic E-state index is 0.0694. The second kappa shape index (κ2) is 3.77. The van der Waals surface area contributed by atoms with E-state index in [1.807, 2.05) is 0 Å². The fraction of sp³-hybridized carbons (Fsp3) is 1.00. The Bertz CT molecular complexity index is 73.5. The maximum atomic E-state index is 12.3. The van der Waals surface area contributed by atoms with Crippen LogP contribution in [0, 0.1) is 0 Å². The van der Waals surface area contributed by atoms with Crippen molar-refractivity contribution in [3.63, 3.8) is 0 Å². The Morgan fingerprint density at radius 3 is 2.33 bits per heavy atom. The Morgan fingerprint density at radius 1 is 1.44 bits per heavy atom. The Kier molecular flexibility index (Phi) is 3.70. The molecular weight excluding hydrogens is 124 g/mol. The molecule has 56 valence electrons. The van der Waals surface area contributed by atoms with Crippen LogP contribution in [0.4, 0.5) is 8.78 Å². The Balaban J connectivity index is 3.33. The van der Waals surface area contributed by atoms with Gasteiger partial charge < -0.3 is 5.73 Å². The number of nitrogens with two attached hydrogens (primary N) is 1. The summed E-state index contributed by atoms with van der Waals surface area (Å²) in [7, 11) is 0. The number of hydrogen-bond donors (Lipinski definition) is 1. The van der Waals surface area contributed by atoms with Crippen LogP contribution in [0.15, 0.2) is 0 Å². The lowest BCUT2D eigenvalue weighted by atomic mass is 10.1. The topological polar surface area (TPSA) is 26.0 Å². The van der Waals surface area contributed by atoms with Crippen molar-refractivity contribution in [2.24, 2.45) is 5.73 Å². The van der Waals surface area contributed by atoms with Crippen LogP contribution < -0.4 is 5.73 Å². The van der Waals surface area contributed by atoms with Crippen LogP contribution in [-0.4, -0.2) is 12.5 Å². The predicted octanol–water partition coefficient (Wildman–Crippen LogP) is 1.77. The molecule has 0 unspecified atom stereocenters. The quantitative estimate of drug-likeness (QED) is 0.627. The molecule has 0 aliphatic carbocycles. The Labute approximate surface area is 54.2 Å². The van der Waals surface area contributed by atoms with Crippen LogP contribution in [0.3, 0.4) is 0 Å². The molecule has 2 N–H and O–H groups in total. The largest absolute Gasteiger partial charge is 0.330 e. The van der Waals surface area contributed by atoms with E-state index in [9.17, 15) is 8.78 Å². The average molecular weight is 137 g/mol. The normalized spacial score (nSPS) is 12.0. The summed E-state index contributed by atoms with van der Waals surface area (Å²) in [6.45, 7) is 1.84. The summed E-state index contributed by atoms with van der Waals surface area (Å²) in [6, 6.07) is 0. The fourth-order valence-corrected chi connectivity index (χ4v) is 0.537. The summed E-state index contributed by atoms with van der Waals surface area (Å²) in [6.07, 6.45) is 0.272. The minimum atomic E-state index is -2.49. The summed E-state index contributed by atoms with van der Waals surface area (Å²) < 4.78 is 24.6. The monoisotopic (exact) mass is 137 g/mol. The van der Waals surface area contributed by atoms with Crippen LogP contribution in [-0.2, 0) is 0 Å². The van der Waals surface area contributed by atoms with Crippen LogP contribution in [0.2, 0.25) is 0 Å². The van der Waals surface area contributed by atoms with Gasteiger partial charge in [0.15, 0.2) is 0 Å². The molecule has 1 nitrogen and oxygen atoms in total. The first-order chi connectivity index (χ1) is 4.12. The average Bonchev–Trinajstić information content (AvgIpc) is 1.84. The van der Waals surface area contributed by atoms with Crippen molar-refractivity contribution in [3.05, 3.63) is 0 Å². The molecule has 9 heavy (non-hydrogen) atoms. The van der Waals surface area contributed by atoms with Gasteiger partial charge in [0.05, 0.1) is 0 Å². The molecule has 0 fully saturated rings. The van der Waals surface area contributed by atoms with E-state index in [1.54, 1.807) is 0 Å². The molecule has 0 aromatic carbocycles. The van der Waals surface area contributed by atoms with Crippen molar-refractivity contribution in [1.82, 2.24) is 0 Å². The highest BCUT2D eigenvalue weighted by Gasteiger charge is 2.24. The van der Waals surface area contributed by atoms with Crippen molar-refractivity contribution in [2.75, 3.05) is 6.54 Å². The smallest absolute Gasteiger partial charge is 0.247 e. The first-order valence-corrected chi connectivity index (χ1v) is 3.20. The molecule has 0 spiro atoms. The maximum Gasteiger partial charge on any atom is 0.247 e. The highest BCUT2D eigenvalue weighted by atomic mass is 19.3. The van der Waals surface area contributed by atoms with E-state index >= 15 is 0 Å². The van der Waals surface area contributed by atoms with E-state index in [0.717, 1.165) is 0 Å². The van der Waals surface area contributed by atoms with Crippen molar-refractivity contribution >= 4 is 0 Å². The highest BCUT2D eigenvalue weighted by molar-refractivity contribution is 4.62. The third kappa shape index (κ3) is 4.33. The van der Waals surface area contributed by atoms with E-state index < -0.39 is 5.92 Å². The number of rotatable bonds is 4. The number of alkyl halides is 2. The third-order valence-electron chi connectivity index (χ3n) is 1.26. The summed E-state index contributed by atoms with van der Waals surface area (Å²) in [5, 5.41) is 0. The molecule has 0 saturated heterocycles. The van der Waals surface area contributed by atoms with Gasteiger partial charge in [0.1, 0.15) is 0 Å². The van der Waals surface area contributed by atoms with Gasteiger partial charge in [0, 0.05) is 12.8 Å². The van der Waals surface area contributed by atoms with Crippen molar-refractivity contribution in [1.29, 1.82) is 0 Å². The summed E-state index contributed by atoms with van der Waals surface area (Å²) in [4.78, 5) is 0. The molecule has 0 aliphatic heterocycles. The molecular formula is C6H13F2N. The predicted molar refractivity (Wildman–Crippen MR) is 33.5 cm³/mol. The van der Waals surface area contributed by atoms with Gasteiger partial charge in [-0.15, -0.1) is 0 Å². The summed E-state index contributed by atoms with van der Waals surface area (Å²) >= 11 is 0. The van der Waals surface area contributed by atoms with Crippen LogP contribution in [0.5, 0.6) is 0 Å². The van der Waals surface area contributed by atoms with Gasteiger partial charge in [0.2, 0.25) is 5.92 Å². The van der Waals surface area contributed by atoms with E-state index in [4.69, 9.17) is 5.73 Å². The van der Waals surface area contributed by atoms with Gasteiger partial charge in [-0.25, -0.2) is 8.78 Å². The van der Waals surface area contributed by atoms with Crippen LogP contribution in [0.25, 0.3) is 0 Å². The van der Waals surface area contributed by atoms with Crippen LogP contribution in [0.1, 0.15) is 26.2 Å². The zero-order valence-electron chi connectivity index (χ0n) is 5.66. The molecule has 0 saturated carbocycles. The maximum absolute atomic E-state index is 12.3. The molecule has 0 aromatic heterocycles. The molecule has 0 aliphatic rings. The van der Waals surface area contributed by atoms with Crippen molar-refractivity contribution in [2.45, 2.75) is 32.1 Å². The number of halogens is 2. The van der Waals surface area contributed by atoms with Gasteiger partial charge in [-0.1, -0.05) is 6.92 Å². The van der Waals surface area contributed by atoms with Gasteiger partial charge in [-0.2, -0.15) is 0 Å². The third-order valence-corrected chi connectivity index (χ3v) is 1.26. The fourth-order valence-electron chi connectivity index (χ4n) is 0.537. The lowest BCUT2D eigenvalue weighted by Gasteiger charge is -2.11. The van der Waals surface area contributed by atoms with Crippen molar-refractivity contribution in [3.8, 4) is 0 Å². The molecule has 0 amide bonds. The van der Waals surface area contributed by atoms with Crippen molar-refractivity contribution < 1.29 is 8.78 Å². The zero-order chi connectivity index (χ0) is 7.33. The van der Waals surface area contributed by atoms with E-state index in [0.29, 0.717) is 13.0 Å². The number of hydrogen-bond acceptors (Lipinski definition) is 1. The second-order valence-electron chi connectivity index (χ2n) is 2.10. The lowest BCUT2D eigenvalue weighted by molar-refractivity contribution is -0.0125. The highest BCUT2D eigenvalue weighted by Crippen LogP contribution is 2.22. The minimum Gasteiger partial charge on any atom is -0.330 e. The van der Waals surface area contributed by atoms with E-state index in [-0.39, 0.29) is 12.8 Å². The SMILES string of the molecule is CCC(F)(F)CCCN. The molecule has 0 aromatic rings. The van der Waals surface area contributed by atoms with Gasteiger partial charge in [-0.05, 0) is 13.0 Å². The molecule has 0 rings (SSSR count). The standard InChI is InChI=1S/C6H13F2N/c1-2-6(7,8)4-3-5-9/h2-5,9H2,1H3. The second-order valence-corrected chi connectivity index (χ2v) is 2.10. The first-order valence-electron chi connectivity index (χ1n) is 3.20. The molecule has 0 radical (unpaired) electrons. The van der Waals surface area contributed by atoms with E-state index in [2.05, 4.69) is 0 Å². The molecule has 0 atom stereocenters. The molecule has 3 heteroatoms.